The molecule has 7 nitrogen and oxygen atoms in total. The number of anilines is 1. The largest absolute Gasteiger partial charge is 0.493 e. The average Bonchev–Trinajstić information content (AvgIpc) is 2.69. The Morgan fingerprint density at radius 3 is 2.67 bits per heavy atom. The van der Waals surface area contributed by atoms with Crippen LogP contribution in [0.25, 0.3) is 0 Å². The third-order valence-corrected chi connectivity index (χ3v) is 4.52. The van der Waals surface area contributed by atoms with Crippen LogP contribution in [0.5, 0.6) is 11.5 Å². The van der Waals surface area contributed by atoms with Crippen molar-refractivity contribution in [1.82, 2.24) is 5.43 Å². The first-order valence-electron chi connectivity index (χ1n) is 8.96. The topological polar surface area (TPSA) is 89.0 Å². The molecule has 30 heavy (non-hydrogen) atoms. The minimum Gasteiger partial charge on any atom is -0.493 e. The zero-order valence-corrected chi connectivity index (χ0v) is 18.5. The van der Waals surface area contributed by atoms with E-state index in [1.54, 1.807) is 18.2 Å². The number of carbonyl (C=O) groups excluding carboxylic acids is 2. The molecule has 0 aromatic heterocycles. The van der Waals surface area contributed by atoms with Crippen LogP contribution in [0.1, 0.15) is 23.1 Å². The van der Waals surface area contributed by atoms with Crippen LogP contribution in [0.4, 0.5) is 5.69 Å². The third kappa shape index (κ3) is 6.64. The molecule has 2 aromatic carbocycles. The molecule has 0 bridgehead atoms. The van der Waals surface area contributed by atoms with Gasteiger partial charge in [-0.2, -0.15) is 5.10 Å². The van der Waals surface area contributed by atoms with Gasteiger partial charge in [-0.25, -0.2) is 5.43 Å². The van der Waals surface area contributed by atoms with E-state index >= 15 is 0 Å². The first-order valence-corrected chi connectivity index (χ1v) is 9.76. The van der Waals surface area contributed by atoms with Gasteiger partial charge < -0.3 is 14.8 Å². The number of methoxy groups -OCH3 is 1. The van der Waals surface area contributed by atoms with E-state index in [1.165, 1.54) is 13.3 Å². The smallest absolute Gasteiger partial charge is 0.249 e. The van der Waals surface area contributed by atoms with Gasteiger partial charge in [0.1, 0.15) is 13.0 Å². The molecule has 0 radical (unpaired) electrons. The number of aryl methyl sites for hydroxylation is 2. The SMILES string of the molecule is C#CCOc1c(Br)cc(C=NNC(=O)CC(=O)Nc2ccc(C)cc2C)cc1OC. The Bertz CT molecular complexity index is 1010. The van der Waals surface area contributed by atoms with E-state index in [-0.39, 0.29) is 13.0 Å². The fraction of sp³-hybridized carbons (Fsp3) is 0.227. The summed E-state index contributed by atoms with van der Waals surface area (Å²) in [5.74, 6) is 2.36. The molecule has 0 saturated heterocycles. The first kappa shape index (κ1) is 23.0. The summed E-state index contributed by atoms with van der Waals surface area (Å²) in [6, 6.07) is 9.06. The maximum absolute atomic E-state index is 12.1. The van der Waals surface area contributed by atoms with Gasteiger partial charge in [0.25, 0.3) is 0 Å². The highest BCUT2D eigenvalue weighted by Crippen LogP contribution is 2.36. The molecular formula is C22H22BrN3O4. The lowest BCUT2D eigenvalue weighted by Crippen LogP contribution is -2.24. The standard InChI is InChI=1S/C22H22BrN3O4/c1-5-8-30-22-17(23)10-16(11-19(22)29-4)13-24-26-21(28)12-20(27)25-18-7-6-14(2)9-15(18)3/h1,6-7,9-11,13H,8,12H2,2-4H3,(H,25,27)(H,26,28). The molecule has 8 heteroatoms. The summed E-state index contributed by atoms with van der Waals surface area (Å²) in [5, 5.41) is 6.60. The van der Waals surface area contributed by atoms with Crippen molar-refractivity contribution in [3.63, 3.8) is 0 Å². The molecule has 2 aromatic rings. The highest BCUT2D eigenvalue weighted by molar-refractivity contribution is 9.10. The third-order valence-electron chi connectivity index (χ3n) is 3.93. The second-order valence-electron chi connectivity index (χ2n) is 6.36. The van der Waals surface area contributed by atoms with Crippen LogP contribution in [-0.4, -0.2) is 31.7 Å². The number of nitrogens with zero attached hydrogens (tertiary/aromatic N) is 1. The van der Waals surface area contributed by atoms with Gasteiger partial charge in [0, 0.05) is 5.69 Å². The second kappa shape index (κ2) is 11.0. The zero-order valence-electron chi connectivity index (χ0n) is 16.9. The molecule has 0 spiro atoms. The molecule has 0 atom stereocenters. The lowest BCUT2D eigenvalue weighted by Gasteiger charge is -2.11. The zero-order chi connectivity index (χ0) is 22.1. The van der Waals surface area contributed by atoms with E-state index in [0.29, 0.717) is 27.2 Å². The number of hydrazone groups is 1. The van der Waals surface area contributed by atoms with Crippen LogP contribution in [0.3, 0.4) is 0 Å². The van der Waals surface area contributed by atoms with Crippen molar-refractivity contribution in [3.8, 4) is 23.8 Å². The molecule has 0 heterocycles. The van der Waals surface area contributed by atoms with Crippen molar-refractivity contribution in [2.24, 2.45) is 5.10 Å². The van der Waals surface area contributed by atoms with Gasteiger partial charge in [-0.05, 0) is 59.1 Å². The molecule has 2 amide bonds. The number of amides is 2. The maximum Gasteiger partial charge on any atom is 0.249 e. The lowest BCUT2D eigenvalue weighted by molar-refractivity contribution is -0.126. The van der Waals surface area contributed by atoms with Gasteiger partial charge in [0.15, 0.2) is 11.5 Å². The summed E-state index contributed by atoms with van der Waals surface area (Å²) in [5.41, 5.74) is 5.67. The minimum atomic E-state index is -0.534. The summed E-state index contributed by atoms with van der Waals surface area (Å²) < 4.78 is 11.4. The fourth-order valence-electron chi connectivity index (χ4n) is 2.58. The molecule has 0 unspecified atom stereocenters. The first-order chi connectivity index (χ1) is 14.3. The van der Waals surface area contributed by atoms with Gasteiger partial charge in [0.2, 0.25) is 11.8 Å². The van der Waals surface area contributed by atoms with Crippen LogP contribution in [0.2, 0.25) is 0 Å². The summed E-state index contributed by atoms with van der Waals surface area (Å²) in [7, 11) is 1.50. The summed E-state index contributed by atoms with van der Waals surface area (Å²) in [6.45, 7) is 3.96. The Balaban J connectivity index is 1.94. The van der Waals surface area contributed by atoms with Crippen LogP contribution in [0, 0.1) is 26.2 Å². The van der Waals surface area contributed by atoms with E-state index in [2.05, 4.69) is 37.7 Å². The number of hydrogen-bond acceptors (Lipinski definition) is 5. The summed E-state index contributed by atoms with van der Waals surface area (Å²) >= 11 is 3.39. The highest BCUT2D eigenvalue weighted by Gasteiger charge is 2.12. The molecule has 156 valence electrons. The highest BCUT2D eigenvalue weighted by atomic mass is 79.9. The number of hydrogen-bond donors (Lipinski definition) is 2. The van der Waals surface area contributed by atoms with E-state index in [4.69, 9.17) is 15.9 Å². The Kier molecular flexibility index (Phi) is 8.44. The van der Waals surface area contributed by atoms with Gasteiger partial charge in [-0.3, -0.25) is 9.59 Å². The second-order valence-corrected chi connectivity index (χ2v) is 7.22. The Hall–Kier alpha value is -3.31. The normalized spacial score (nSPS) is 10.4. The van der Waals surface area contributed by atoms with Crippen molar-refractivity contribution in [3.05, 3.63) is 51.5 Å². The van der Waals surface area contributed by atoms with Crippen molar-refractivity contribution in [2.45, 2.75) is 20.3 Å². The molecule has 0 aliphatic heterocycles. The minimum absolute atomic E-state index is 0.0998. The number of benzene rings is 2. The van der Waals surface area contributed by atoms with Crippen LogP contribution in [-0.2, 0) is 9.59 Å². The number of nitrogens with one attached hydrogen (secondary N) is 2. The van der Waals surface area contributed by atoms with Crippen molar-refractivity contribution < 1.29 is 19.1 Å². The van der Waals surface area contributed by atoms with Crippen LogP contribution < -0.4 is 20.2 Å². The predicted molar refractivity (Wildman–Crippen MR) is 120 cm³/mol. The predicted octanol–water partition coefficient (Wildman–Crippen LogP) is 3.57. The summed E-state index contributed by atoms with van der Waals surface area (Å²) in [4.78, 5) is 24.0. The Morgan fingerprint density at radius 2 is 2.00 bits per heavy atom. The van der Waals surface area contributed by atoms with Crippen LogP contribution >= 0.6 is 15.9 Å². The average molecular weight is 472 g/mol. The lowest BCUT2D eigenvalue weighted by atomic mass is 10.1. The summed E-state index contributed by atoms with van der Waals surface area (Å²) in [6.07, 6.45) is 6.29. The number of ether oxygens (including phenoxy) is 2. The van der Waals surface area contributed by atoms with Gasteiger partial charge in [-0.1, -0.05) is 23.6 Å². The Labute approximate surface area is 184 Å². The Morgan fingerprint density at radius 1 is 1.23 bits per heavy atom. The van der Waals surface area contributed by atoms with E-state index < -0.39 is 11.8 Å². The monoisotopic (exact) mass is 471 g/mol. The van der Waals surface area contributed by atoms with Crippen LogP contribution in [0.15, 0.2) is 39.9 Å². The maximum atomic E-state index is 12.1. The van der Waals surface area contributed by atoms with Crippen molar-refractivity contribution >= 4 is 39.6 Å². The van der Waals surface area contributed by atoms with Gasteiger partial charge in [-0.15, -0.1) is 6.42 Å². The number of rotatable bonds is 8. The number of halogens is 1. The molecule has 0 aliphatic carbocycles. The molecule has 0 aliphatic rings. The molecule has 2 rings (SSSR count). The number of terminal acetylenes is 1. The van der Waals surface area contributed by atoms with Crippen molar-refractivity contribution in [1.29, 1.82) is 0 Å². The van der Waals surface area contributed by atoms with E-state index in [1.807, 2.05) is 26.0 Å². The molecule has 0 saturated carbocycles. The fourth-order valence-corrected chi connectivity index (χ4v) is 3.15. The quantitative estimate of drug-likeness (QED) is 0.266. The van der Waals surface area contributed by atoms with Gasteiger partial charge >= 0.3 is 0 Å². The molecular weight excluding hydrogens is 450 g/mol. The van der Waals surface area contributed by atoms with Gasteiger partial charge in [0.05, 0.1) is 17.8 Å². The van der Waals surface area contributed by atoms with E-state index in [0.717, 1.165) is 11.1 Å². The van der Waals surface area contributed by atoms with E-state index in [9.17, 15) is 9.59 Å². The number of carbonyl (C=O) groups is 2. The molecule has 0 fully saturated rings. The molecule has 2 N–H and O–H groups in total. The van der Waals surface area contributed by atoms with Crippen molar-refractivity contribution in [2.75, 3.05) is 19.0 Å².